The highest BCUT2D eigenvalue weighted by atomic mass is 19.1. The number of hydrogen-bond acceptors (Lipinski definition) is 3. The van der Waals surface area contributed by atoms with Crippen LogP contribution in [0.15, 0.2) is 18.2 Å². The van der Waals surface area contributed by atoms with Gasteiger partial charge in [0.1, 0.15) is 0 Å². The van der Waals surface area contributed by atoms with Crippen LogP contribution in [0.25, 0.3) is 0 Å². The minimum atomic E-state index is -0.551. The minimum absolute atomic E-state index is 0.286. The smallest absolute Gasteiger partial charge is 0.165 e. The van der Waals surface area contributed by atoms with Gasteiger partial charge >= 0.3 is 0 Å². The maximum absolute atomic E-state index is 13.1. The van der Waals surface area contributed by atoms with Crippen molar-refractivity contribution in [2.24, 2.45) is 0 Å². The Morgan fingerprint density at radius 2 is 2.35 bits per heavy atom. The number of piperidine rings is 1. The molecule has 0 radical (unpaired) electrons. The molecule has 1 heterocycles. The van der Waals surface area contributed by atoms with Gasteiger partial charge in [0.05, 0.1) is 0 Å². The van der Waals surface area contributed by atoms with E-state index in [-0.39, 0.29) is 5.75 Å². The van der Waals surface area contributed by atoms with Crippen molar-refractivity contribution in [2.45, 2.75) is 25.4 Å². The van der Waals surface area contributed by atoms with Crippen LogP contribution >= 0.6 is 0 Å². The Morgan fingerprint density at radius 1 is 1.53 bits per heavy atom. The van der Waals surface area contributed by atoms with Crippen LogP contribution in [-0.4, -0.2) is 36.2 Å². The molecule has 1 fully saturated rings. The number of aromatic hydroxyl groups is 1. The zero-order chi connectivity index (χ0) is 12.3. The Kier molecular flexibility index (Phi) is 3.97. The van der Waals surface area contributed by atoms with Crippen molar-refractivity contribution in [2.75, 3.05) is 20.1 Å². The first kappa shape index (κ1) is 12.3. The van der Waals surface area contributed by atoms with Gasteiger partial charge < -0.3 is 15.3 Å². The second-order valence-electron chi connectivity index (χ2n) is 4.77. The third-order valence-electron chi connectivity index (χ3n) is 3.23. The molecule has 1 aliphatic rings. The Hall–Kier alpha value is -1.13. The standard InChI is InChI=1S/C13H19FN2O/c1-16-6-2-3-11(9-16)15-8-10-4-5-13(17)12(14)7-10/h4-5,7,11,15,17H,2-3,6,8-9H2,1H3. The van der Waals surface area contributed by atoms with E-state index < -0.39 is 5.82 Å². The summed E-state index contributed by atoms with van der Waals surface area (Å²) < 4.78 is 13.1. The highest BCUT2D eigenvalue weighted by molar-refractivity contribution is 5.27. The van der Waals surface area contributed by atoms with Gasteiger partial charge in [0.15, 0.2) is 11.6 Å². The quantitative estimate of drug-likeness (QED) is 0.841. The summed E-state index contributed by atoms with van der Waals surface area (Å²) in [5.41, 5.74) is 0.869. The molecular formula is C13H19FN2O. The summed E-state index contributed by atoms with van der Waals surface area (Å²) in [7, 11) is 2.12. The molecule has 0 aromatic heterocycles. The number of likely N-dealkylation sites (tertiary alicyclic amines) is 1. The molecule has 0 saturated carbocycles. The van der Waals surface area contributed by atoms with Crippen molar-refractivity contribution in [1.29, 1.82) is 0 Å². The van der Waals surface area contributed by atoms with Gasteiger partial charge in [0.2, 0.25) is 0 Å². The minimum Gasteiger partial charge on any atom is -0.505 e. The highest BCUT2D eigenvalue weighted by Gasteiger charge is 2.16. The van der Waals surface area contributed by atoms with Crippen molar-refractivity contribution in [1.82, 2.24) is 10.2 Å². The van der Waals surface area contributed by atoms with Crippen molar-refractivity contribution >= 4 is 0 Å². The third kappa shape index (κ3) is 3.41. The first-order valence-electron chi connectivity index (χ1n) is 6.04. The predicted molar refractivity (Wildman–Crippen MR) is 65.4 cm³/mol. The zero-order valence-electron chi connectivity index (χ0n) is 10.1. The number of halogens is 1. The molecule has 4 heteroatoms. The van der Waals surface area contributed by atoms with Crippen LogP contribution < -0.4 is 5.32 Å². The molecule has 2 rings (SSSR count). The first-order valence-corrected chi connectivity index (χ1v) is 6.04. The fourth-order valence-electron chi connectivity index (χ4n) is 2.26. The third-order valence-corrected chi connectivity index (χ3v) is 3.23. The summed E-state index contributed by atoms with van der Waals surface area (Å²) >= 11 is 0. The fourth-order valence-corrected chi connectivity index (χ4v) is 2.26. The van der Waals surface area contributed by atoms with Crippen molar-refractivity contribution < 1.29 is 9.50 Å². The Balaban J connectivity index is 1.86. The molecule has 1 atom stereocenters. The number of nitrogens with zero attached hydrogens (tertiary/aromatic N) is 1. The summed E-state index contributed by atoms with van der Waals surface area (Å²) in [5, 5.41) is 12.5. The lowest BCUT2D eigenvalue weighted by atomic mass is 10.1. The molecule has 2 N–H and O–H groups in total. The average Bonchev–Trinajstić information content (AvgIpc) is 2.31. The van der Waals surface area contributed by atoms with E-state index in [9.17, 15) is 4.39 Å². The molecule has 1 unspecified atom stereocenters. The highest BCUT2D eigenvalue weighted by Crippen LogP contribution is 2.16. The van der Waals surface area contributed by atoms with E-state index >= 15 is 0 Å². The summed E-state index contributed by atoms with van der Waals surface area (Å²) in [6.07, 6.45) is 2.38. The maximum atomic E-state index is 13.1. The maximum Gasteiger partial charge on any atom is 0.165 e. The average molecular weight is 238 g/mol. The van der Waals surface area contributed by atoms with Gasteiger partial charge in [0.25, 0.3) is 0 Å². The largest absolute Gasteiger partial charge is 0.505 e. The number of likely N-dealkylation sites (N-methyl/N-ethyl adjacent to an activating group) is 1. The predicted octanol–water partition coefficient (Wildman–Crippen LogP) is 1.72. The number of hydrogen-bond donors (Lipinski definition) is 2. The van der Waals surface area contributed by atoms with E-state index in [1.54, 1.807) is 6.07 Å². The van der Waals surface area contributed by atoms with E-state index in [4.69, 9.17) is 5.11 Å². The SMILES string of the molecule is CN1CCCC(NCc2ccc(O)c(F)c2)C1. The number of phenolic OH excluding ortho intramolecular Hbond substituents is 1. The number of phenols is 1. The van der Waals surface area contributed by atoms with Crippen LogP contribution in [0.2, 0.25) is 0 Å². The number of rotatable bonds is 3. The van der Waals surface area contributed by atoms with E-state index in [1.165, 1.54) is 25.0 Å². The molecule has 0 aliphatic carbocycles. The topological polar surface area (TPSA) is 35.5 Å². The Labute approximate surface area is 101 Å². The van der Waals surface area contributed by atoms with Crippen LogP contribution in [0.4, 0.5) is 4.39 Å². The normalized spacial score (nSPS) is 21.6. The molecule has 1 aromatic carbocycles. The van der Waals surface area contributed by atoms with Crippen LogP contribution in [0.5, 0.6) is 5.75 Å². The van der Waals surface area contributed by atoms with E-state index in [0.717, 1.165) is 18.7 Å². The van der Waals surface area contributed by atoms with Crippen LogP contribution in [0, 0.1) is 5.82 Å². The van der Waals surface area contributed by atoms with Crippen LogP contribution in [0.1, 0.15) is 18.4 Å². The van der Waals surface area contributed by atoms with Gasteiger partial charge in [-0.3, -0.25) is 0 Å². The van der Waals surface area contributed by atoms with E-state index in [1.807, 2.05) is 0 Å². The van der Waals surface area contributed by atoms with Gasteiger partial charge in [-0.2, -0.15) is 0 Å². The zero-order valence-corrected chi connectivity index (χ0v) is 10.1. The molecule has 1 aromatic rings. The van der Waals surface area contributed by atoms with Crippen LogP contribution in [0.3, 0.4) is 0 Å². The summed E-state index contributed by atoms with van der Waals surface area (Å²) in [6, 6.07) is 5.01. The molecule has 1 saturated heterocycles. The molecule has 1 aliphatic heterocycles. The fraction of sp³-hybridized carbons (Fsp3) is 0.538. The Morgan fingerprint density at radius 3 is 3.06 bits per heavy atom. The van der Waals surface area contributed by atoms with Gasteiger partial charge in [-0.15, -0.1) is 0 Å². The van der Waals surface area contributed by atoms with Gasteiger partial charge in [-0.1, -0.05) is 6.07 Å². The summed E-state index contributed by atoms with van der Waals surface area (Å²) in [6.45, 7) is 2.85. The monoisotopic (exact) mass is 238 g/mol. The van der Waals surface area contributed by atoms with E-state index in [2.05, 4.69) is 17.3 Å². The lowest BCUT2D eigenvalue weighted by Crippen LogP contribution is -2.43. The summed E-state index contributed by atoms with van der Waals surface area (Å²) in [4.78, 5) is 2.30. The van der Waals surface area contributed by atoms with Gasteiger partial charge in [0, 0.05) is 19.1 Å². The molecule has 17 heavy (non-hydrogen) atoms. The van der Waals surface area contributed by atoms with Crippen molar-refractivity contribution in [3.63, 3.8) is 0 Å². The van der Waals surface area contributed by atoms with E-state index in [0.29, 0.717) is 12.6 Å². The van der Waals surface area contributed by atoms with Gasteiger partial charge in [-0.25, -0.2) is 4.39 Å². The molecule has 0 bridgehead atoms. The molecule has 0 spiro atoms. The first-order chi connectivity index (χ1) is 8.15. The second-order valence-corrected chi connectivity index (χ2v) is 4.77. The molecule has 0 amide bonds. The molecular weight excluding hydrogens is 219 g/mol. The summed E-state index contributed by atoms with van der Waals surface area (Å²) in [5.74, 6) is -0.837. The molecule has 3 nitrogen and oxygen atoms in total. The van der Waals surface area contributed by atoms with Crippen molar-refractivity contribution in [3.05, 3.63) is 29.6 Å². The number of benzene rings is 1. The second kappa shape index (κ2) is 5.47. The van der Waals surface area contributed by atoms with Crippen molar-refractivity contribution in [3.8, 4) is 5.75 Å². The number of nitrogens with one attached hydrogen (secondary N) is 1. The lowest BCUT2D eigenvalue weighted by Gasteiger charge is -2.30. The lowest BCUT2D eigenvalue weighted by molar-refractivity contribution is 0.226. The van der Waals surface area contributed by atoms with Gasteiger partial charge in [-0.05, 0) is 44.1 Å². The molecule has 94 valence electrons. The van der Waals surface area contributed by atoms with Crippen LogP contribution in [-0.2, 0) is 6.54 Å². The Bertz CT molecular complexity index is 384.